The fraction of sp³-hybridized carbons (Fsp3) is 0. The highest BCUT2D eigenvalue weighted by Gasteiger charge is 2.17. The molecule has 1 aromatic carbocycles. The average Bonchev–Trinajstić information content (AvgIpc) is 1.96. The van der Waals surface area contributed by atoms with Crippen molar-refractivity contribution in [3.05, 3.63) is 38.9 Å². The van der Waals surface area contributed by atoms with E-state index in [9.17, 15) is 18.9 Å². The van der Waals surface area contributed by atoms with E-state index < -0.39 is 27.3 Å². The molecule has 0 fully saturated rings. The predicted octanol–water partition coefficient (Wildman–Crippen LogP) is 2.53. The maximum absolute atomic E-state index is 12.5. The third kappa shape index (κ3) is 1.50. The van der Waals surface area contributed by atoms with Crippen LogP contribution < -0.4 is 0 Å². The molecule has 0 radical (unpaired) electrons. The van der Waals surface area contributed by atoms with Gasteiger partial charge in [-0.25, -0.2) is 8.78 Å². The lowest BCUT2D eigenvalue weighted by Gasteiger charge is -1.95. The smallest absolute Gasteiger partial charge is 0.258 e. The molecule has 0 amide bonds. The zero-order valence-corrected chi connectivity index (χ0v) is 6.31. The Hall–Kier alpha value is -1.23. The molecule has 0 aliphatic carbocycles. The topological polar surface area (TPSA) is 43.1 Å². The minimum atomic E-state index is -1.14. The van der Waals surface area contributed by atoms with E-state index in [1.165, 1.54) is 0 Å². The summed E-state index contributed by atoms with van der Waals surface area (Å²) in [5, 5.41) is 9.43. The minimum Gasteiger partial charge on any atom is -0.258 e. The summed E-state index contributed by atoms with van der Waals surface area (Å²) in [6, 6.07) is 1.04. The zero-order chi connectivity index (χ0) is 9.30. The lowest BCUT2D eigenvalue weighted by molar-refractivity contribution is -0.385. The van der Waals surface area contributed by atoms with Gasteiger partial charge in [0.2, 0.25) is 0 Å². The van der Waals surface area contributed by atoms with Gasteiger partial charge in [0.1, 0.15) is 5.82 Å². The Morgan fingerprint density at radius 3 is 2.50 bits per heavy atom. The number of rotatable bonds is 1. The predicted molar refractivity (Wildman–Crippen MR) is 38.0 cm³/mol. The summed E-state index contributed by atoms with van der Waals surface area (Å²) in [4.78, 5) is 9.16. The van der Waals surface area contributed by atoms with Crippen LogP contribution in [0, 0.1) is 21.7 Å². The molecule has 1 aromatic rings. The van der Waals surface area contributed by atoms with Gasteiger partial charge in [0.05, 0.1) is 11.0 Å². The first-order valence-corrected chi connectivity index (χ1v) is 3.19. The highest BCUT2D eigenvalue weighted by atomic mass is 35.5. The number of hydrogen-bond acceptors (Lipinski definition) is 2. The van der Waals surface area contributed by atoms with Crippen LogP contribution in [0.1, 0.15) is 0 Å². The van der Waals surface area contributed by atoms with Crippen molar-refractivity contribution in [1.82, 2.24) is 0 Å². The van der Waals surface area contributed by atoms with Crippen LogP contribution in [0.5, 0.6) is 0 Å². The van der Waals surface area contributed by atoms with Crippen LogP contribution in [0.3, 0.4) is 0 Å². The fourth-order valence-electron chi connectivity index (χ4n) is 0.675. The van der Waals surface area contributed by atoms with E-state index >= 15 is 0 Å². The van der Waals surface area contributed by atoms with Crippen molar-refractivity contribution in [3.8, 4) is 0 Å². The zero-order valence-electron chi connectivity index (χ0n) is 5.55. The molecule has 0 aliphatic heterocycles. The first-order chi connectivity index (χ1) is 5.52. The molecule has 6 heteroatoms. The van der Waals surface area contributed by atoms with Crippen molar-refractivity contribution in [1.29, 1.82) is 0 Å². The van der Waals surface area contributed by atoms with Gasteiger partial charge >= 0.3 is 0 Å². The molecule has 0 aromatic heterocycles. The van der Waals surface area contributed by atoms with E-state index in [0.29, 0.717) is 12.1 Å². The van der Waals surface area contributed by atoms with Gasteiger partial charge in [-0.05, 0) is 0 Å². The maximum Gasteiger partial charge on any atom is 0.293 e. The summed E-state index contributed by atoms with van der Waals surface area (Å²) in [6.45, 7) is 0. The monoisotopic (exact) mass is 193 g/mol. The number of benzene rings is 1. The van der Waals surface area contributed by atoms with Gasteiger partial charge in [-0.1, -0.05) is 11.6 Å². The Morgan fingerprint density at radius 1 is 1.42 bits per heavy atom. The Bertz CT molecular complexity index is 343. The van der Waals surface area contributed by atoms with Crippen molar-refractivity contribution >= 4 is 17.3 Å². The summed E-state index contributed by atoms with van der Waals surface area (Å²) in [7, 11) is 0. The Labute approximate surface area is 70.7 Å². The van der Waals surface area contributed by atoms with Gasteiger partial charge in [-0.3, -0.25) is 10.1 Å². The molecule has 0 heterocycles. The molecule has 0 atom stereocenters. The molecule has 64 valence electrons. The van der Waals surface area contributed by atoms with Gasteiger partial charge in [-0.2, -0.15) is 0 Å². The second-order valence-electron chi connectivity index (χ2n) is 1.98. The lowest BCUT2D eigenvalue weighted by atomic mass is 10.3. The minimum absolute atomic E-state index is 0.481. The molecule has 0 saturated carbocycles. The molecular weight excluding hydrogens is 192 g/mol. The normalized spacial score (nSPS) is 9.92. The quantitative estimate of drug-likeness (QED) is 0.391. The second kappa shape index (κ2) is 3.02. The highest BCUT2D eigenvalue weighted by molar-refractivity contribution is 6.32. The van der Waals surface area contributed by atoms with E-state index in [2.05, 4.69) is 0 Å². The van der Waals surface area contributed by atoms with Crippen LogP contribution in [0.15, 0.2) is 12.1 Å². The lowest BCUT2D eigenvalue weighted by Crippen LogP contribution is -1.92. The van der Waals surface area contributed by atoms with Crippen LogP contribution in [-0.2, 0) is 0 Å². The van der Waals surface area contributed by atoms with Gasteiger partial charge < -0.3 is 0 Å². The molecule has 0 bridgehead atoms. The van der Waals surface area contributed by atoms with E-state index in [4.69, 9.17) is 11.6 Å². The molecular formula is C6H2ClF2NO2. The number of nitro benzene ring substituents is 1. The third-order valence-corrected chi connectivity index (χ3v) is 1.54. The Balaban J connectivity index is 3.37. The molecule has 1 rings (SSSR count). The van der Waals surface area contributed by atoms with Crippen LogP contribution >= 0.6 is 11.6 Å². The molecule has 0 spiro atoms. The van der Waals surface area contributed by atoms with Crippen molar-refractivity contribution in [2.24, 2.45) is 0 Å². The van der Waals surface area contributed by atoms with Crippen LogP contribution in [0.25, 0.3) is 0 Å². The molecule has 0 N–H and O–H groups in total. The van der Waals surface area contributed by atoms with E-state index in [1.54, 1.807) is 0 Å². The van der Waals surface area contributed by atoms with Gasteiger partial charge in [0.15, 0.2) is 10.8 Å². The summed E-state index contributed by atoms with van der Waals surface area (Å²) >= 11 is 5.18. The number of nitrogens with zero attached hydrogens (tertiary/aromatic N) is 1. The molecule has 0 aliphatic rings. The summed E-state index contributed by atoms with van der Waals surface area (Å²) in [5.41, 5.74) is -0.769. The van der Waals surface area contributed by atoms with Crippen LogP contribution in [0.4, 0.5) is 14.5 Å². The first kappa shape index (κ1) is 8.86. The Morgan fingerprint density at radius 2 is 2.00 bits per heavy atom. The SMILES string of the molecule is O=[N+]([O-])c1cc(F)cc(F)c1Cl. The van der Waals surface area contributed by atoms with E-state index in [-0.39, 0.29) is 0 Å². The van der Waals surface area contributed by atoms with Crippen molar-refractivity contribution in [3.63, 3.8) is 0 Å². The fourth-order valence-corrected chi connectivity index (χ4v) is 0.853. The van der Waals surface area contributed by atoms with Crippen molar-refractivity contribution < 1.29 is 13.7 Å². The highest BCUT2D eigenvalue weighted by Crippen LogP contribution is 2.27. The third-order valence-electron chi connectivity index (χ3n) is 1.17. The van der Waals surface area contributed by atoms with Gasteiger partial charge in [0, 0.05) is 6.07 Å². The summed E-state index contributed by atoms with van der Waals surface area (Å²) < 4.78 is 24.9. The van der Waals surface area contributed by atoms with E-state index in [1.807, 2.05) is 0 Å². The van der Waals surface area contributed by atoms with Crippen LogP contribution in [-0.4, -0.2) is 4.92 Å². The average molecular weight is 194 g/mol. The Kier molecular flexibility index (Phi) is 2.23. The molecule has 3 nitrogen and oxygen atoms in total. The van der Waals surface area contributed by atoms with Crippen molar-refractivity contribution in [2.45, 2.75) is 0 Å². The number of nitro groups is 1. The van der Waals surface area contributed by atoms with Crippen molar-refractivity contribution in [2.75, 3.05) is 0 Å². The standard InChI is InChI=1S/C6H2ClF2NO2/c7-6-4(9)1-3(8)2-5(6)10(11)12/h1-2H. The number of halogens is 3. The summed E-state index contributed by atoms with van der Waals surface area (Å²) in [5.74, 6) is -2.16. The maximum atomic E-state index is 12.5. The molecule has 0 unspecified atom stereocenters. The summed E-state index contributed by atoms with van der Waals surface area (Å²) in [6.07, 6.45) is 0. The first-order valence-electron chi connectivity index (χ1n) is 2.81. The largest absolute Gasteiger partial charge is 0.293 e. The van der Waals surface area contributed by atoms with E-state index in [0.717, 1.165) is 0 Å². The molecule has 12 heavy (non-hydrogen) atoms. The van der Waals surface area contributed by atoms with Crippen LogP contribution in [0.2, 0.25) is 5.02 Å². The van der Waals surface area contributed by atoms with Gasteiger partial charge in [0.25, 0.3) is 5.69 Å². The van der Waals surface area contributed by atoms with Gasteiger partial charge in [-0.15, -0.1) is 0 Å². The number of hydrogen-bond donors (Lipinski definition) is 0. The molecule has 0 saturated heterocycles. The second-order valence-corrected chi connectivity index (χ2v) is 2.36.